The van der Waals surface area contributed by atoms with Crippen LogP contribution in [0.5, 0.6) is 0 Å². The van der Waals surface area contributed by atoms with Crippen molar-refractivity contribution in [3.05, 3.63) is 36.0 Å². The fourth-order valence-corrected chi connectivity index (χ4v) is 1.87. The van der Waals surface area contributed by atoms with Crippen LogP contribution in [0.15, 0.2) is 30.5 Å². The highest BCUT2D eigenvalue weighted by atomic mass is 19.2. The lowest BCUT2D eigenvalue weighted by Gasteiger charge is -2.15. The van der Waals surface area contributed by atoms with Crippen molar-refractivity contribution >= 4 is 16.9 Å². The number of carboxylic acids is 1. The first-order chi connectivity index (χ1) is 8.09. The van der Waals surface area contributed by atoms with Gasteiger partial charge < -0.3 is 10.1 Å². The molecule has 0 fully saturated rings. The number of likely N-dealkylation sites (N-methyl/N-ethyl adjacent to an activating group) is 1. The number of aromatic amines is 1. The van der Waals surface area contributed by atoms with Gasteiger partial charge in [-0.1, -0.05) is 18.2 Å². The highest BCUT2D eigenvalue weighted by Crippen LogP contribution is 2.20. The van der Waals surface area contributed by atoms with Gasteiger partial charge >= 0.3 is 5.97 Å². The number of nitrogens with one attached hydrogen (secondary N) is 1. The number of rotatable bonds is 4. The SMILES string of the molecule is CN(F)[C@@H](Cc1c[nH]c2ccccc12)C(=O)O. The zero-order valence-electron chi connectivity index (χ0n) is 9.35. The molecule has 90 valence electrons. The van der Waals surface area contributed by atoms with Crippen molar-refractivity contribution in [2.45, 2.75) is 12.5 Å². The highest BCUT2D eigenvalue weighted by Gasteiger charge is 2.24. The minimum absolute atomic E-state index is 0.131. The zero-order valence-corrected chi connectivity index (χ0v) is 9.35. The smallest absolute Gasteiger partial charge is 0.323 e. The zero-order chi connectivity index (χ0) is 12.4. The van der Waals surface area contributed by atoms with Crippen LogP contribution in [0.2, 0.25) is 0 Å². The molecule has 0 bridgehead atoms. The summed E-state index contributed by atoms with van der Waals surface area (Å²) in [5, 5.41) is 10.1. The Morgan fingerprint density at radius 3 is 2.88 bits per heavy atom. The summed E-state index contributed by atoms with van der Waals surface area (Å²) < 4.78 is 13.1. The predicted octanol–water partition coefficient (Wildman–Crippen LogP) is 1.98. The fourth-order valence-electron chi connectivity index (χ4n) is 1.87. The molecule has 17 heavy (non-hydrogen) atoms. The molecular formula is C12H13FN2O2. The minimum atomic E-state index is -1.17. The Labute approximate surface area is 97.6 Å². The van der Waals surface area contributed by atoms with E-state index in [0.29, 0.717) is 0 Å². The van der Waals surface area contributed by atoms with Crippen LogP contribution < -0.4 is 0 Å². The summed E-state index contributed by atoms with van der Waals surface area (Å²) in [5.41, 5.74) is 1.73. The van der Waals surface area contributed by atoms with Gasteiger partial charge in [0.25, 0.3) is 0 Å². The van der Waals surface area contributed by atoms with E-state index in [2.05, 4.69) is 4.98 Å². The molecule has 0 saturated heterocycles. The third-order valence-corrected chi connectivity index (χ3v) is 2.80. The summed E-state index contributed by atoms with van der Waals surface area (Å²) in [6.45, 7) is 0. The molecule has 0 unspecified atom stereocenters. The predicted molar refractivity (Wildman–Crippen MR) is 62.3 cm³/mol. The Bertz CT molecular complexity index is 536. The number of hydrogen-bond donors (Lipinski definition) is 2. The van der Waals surface area contributed by atoms with E-state index in [1.807, 2.05) is 24.3 Å². The first-order valence-corrected chi connectivity index (χ1v) is 5.26. The molecule has 0 amide bonds. The van der Waals surface area contributed by atoms with Gasteiger partial charge in [0.2, 0.25) is 0 Å². The molecule has 0 radical (unpaired) electrons. The Morgan fingerprint density at radius 2 is 2.24 bits per heavy atom. The molecular weight excluding hydrogens is 223 g/mol. The summed E-state index contributed by atoms with van der Waals surface area (Å²) in [5.74, 6) is -1.17. The average molecular weight is 236 g/mol. The summed E-state index contributed by atoms with van der Waals surface area (Å²) in [7, 11) is 1.12. The first kappa shape index (κ1) is 11.6. The summed E-state index contributed by atoms with van der Waals surface area (Å²) >= 11 is 0. The van der Waals surface area contributed by atoms with Crippen molar-refractivity contribution in [2.75, 3.05) is 7.05 Å². The van der Waals surface area contributed by atoms with Crippen LogP contribution in [0.1, 0.15) is 5.56 Å². The molecule has 0 aliphatic heterocycles. The molecule has 1 atom stereocenters. The highest BCUT2D eigenvalue weighted by molar-refractivity contribution is 5.84. The van der Waals surface area contributed by atoms with Crippen molar-refractivity contribution < 1.29 is 14.4 Å². The Kier molecular flexibility index (Phi) is 3.10. The van der Waals surface area contributed by atoms with E-state index in [9.17, 15) is 9.28 Å². The second kappa shape index (κ2) is 4.55. The number of benzene rings is 1. The number of aliphatic carboxylic acids is 1. The molecule has 2 N–H and O–H groups in total. The van der Waals surface area contributed by atoms with Crippen LogP contribution in [0, 0.1) is 0 Å². The molecule has 0 aliphatic rings. The molecule has 1 aromatic heterocycles. The van der Waals surface area contributed by atoms with Crippen molar-refractivity contribution in [1.29, 1.82) is 0 Å². The molecule has 2 rings (SSSR count). The summed E-state index contributed by atoms with van der Waals surface area (Å²) in [6, 6.07) is 6.38. The number of halogens is 1. The number of nitrogens with zero attached hydrogens (tertiary/aromatic N) is 1. The van der Waals surface area contributed by atoms with E-state index >= 15 is 0 Å². The molecule has 0 saturated carbocycles. The first-order valence-electron chi connectivity index (χ1n) is 5.26. The van der Waals surface area contributed by atoms with Crippen LogP contribution >= 0.6 is 0 Å². The van der Waals surface area contributed by atoms with Gasteiger partial charge in [0.05, 0.1) is 0 Å². The lowest BCUT2D eigenvalue weighted by atomic mass is 10.1. The standard InChI is InChI=1S/C12H13FN2O2/c1-15(13)11(12(16)17)6-8-7-14-10-5-3-2-4-9(8)10/h2-5,7,11,14H,6H2,1H3,(H,16,17)/t11-/m0/s1. The molecule has 1 aromatic carbocycles. The van der Waals surface area contributed by atoms with Crippen molar-refractivity contribution in [3.8, 4) is 0 Å². The van der Waals surface area contributed by atoms with Crippen molar-refractivity contribution in [3.63, 3.8) is 0 Å². The molecule has 5 heteroatoms. The number of fused-ring (bicyclic) bond motifs is 1. The minimum Gasteiger partial charge on any atom is -0.480 e. The number of carbonyl (C=O) groups is 1. The average Bonchev–Trinajstić information content (AvgIpc) is 2.68. The van der Waals surface area contributed by atoms with E-state index in [1.165, 1.54) is 0 Å². The van der Waals surface area contributed by atoms with Crippen LogP contribution in [-0.2, 0) is 11.2 Å². The largest absolute Gasteiger partial charge is 0.480 e. The van der Waals surface area contributed by atoms with E-state index in [0.717, 1.165) is 23.5 Å². The fraction of sp³-hybridized carbons (Fsp3) is 0.250. The number of aromatic nitrogens is 1. The third kappa shape index (κ3) is 2.29. The lowest BCUT2D eigenvalue weighted by Crippen LogP contribution is -2.34. The molecule has 0 spiro atoms. The van der Waals surface area contributed by atoms with Crippen LogP contribution in [-0.4, -0.2) is 34.3 Å². The van der Waals surface area contributed by atoms with Gasteiger partial charge in [0, 0.05) is 30.6 Å². The Morgan fingerprint density at radius 1 is 1.53 bits per heavy atom. The quantitative estimate of drug-likeness (QED) is 0.798. The monoisotopic (exact) mass is 236 g/mol. The van der Waals surface area contributed by atoms with Gasteiger partial charge in [-0.05, 0) is 11.6 Å². The molecule has 1 heterocycles. The van der Waals surface area contributed by atoms with Gasteiger partial charge in [0.15, 0.2) is 0 Å². The molecule has 4 nitrogen and oxygen atoms in total. The van der Waals surface area contributed by atoms with Gasteiger partial charge in [0.1, 0.15) is 6.04 Å². The maximum atomic E-state index is 13.1. The van der Waals surface area contributed by atoms with E-state index in [1.54, 1.807) is 6.20 Å². The maximum absolute atomic E-state index is 13.1. The Balaban J connectivity index is 2.31. The van der Waals surface area contributed by atoms with Crippen LogP contribution in [0.4, 0.5) is 4.48 Å². The lowest BCUT2D eigenvalue weighted by molar-refractivity contribution is -0.149. The molecule has 2 aromatic rings. The second-order valence-corrected chi connectivity index (χ2v) is 3.94. The van der Waals surface area contributed by atoms with Gasteiger partial charge in [-0.25, -0.2) is 0 Å². The topological polar surface area (TPSA) is 56.3 Å². The summed E-state index contributed by atoms with van der Waals surface area (Å²) in [6.07, 6.45) is 1.86. The summed E-state index contributed by atoms with van der Waals surface area (Å²) in [4.78, 5) is 13.9. The number of carboxylic acid groups (broad SMARTS) is 1. The van der Waals surface area contributed by atoms with E-state index in [4.69, 9.17) is 5.11 Å². The van der Waals surface area contributed by atoms with Crippen LogP contribution in [0.25, 0.3) is 10.9 Å². The number of H-pyrrole nitrogens is 1. The maximum Gasteiger partial charge on any atom is 0.323 e. The number of hydrogen-bond acceptors (Lipinski definition) is 2. The van der Waals surface area contributed by atoms with E-state index < -0.39 is 12.0 Å². The van der Waals surface area contributed by atoms with E-state index in [-0.39, 0.29) is 11.5 Å². The molecule has 0 aliphatic carbocycles. The van der Waals surface area contributed by atoms with Crippen molar-refractivity contribution in [2.24, 2.45) is 0 Å². The van der Waals surface area contributed by atoms with Crippen LogP contribution in [0.3, 0.4) is 0 Å². The van der Waals surface area contributed by atoms with Gasteiger partial charge in [-0.3, -0.25) is 4.79 Å². The van der Waals surface area contributed by atoms with Gasteiger partial charge in [-0.15, -0.1) is 9.60 Å². The number of para-hydroxylation sites is 1. The third-order valence-electron chi connectivity index (χ3n) is 2.80. The normalized spacial score (nSPS) is 13.1. The van der Waals surface area contributed by atoms with Gasteiger partial charge in [-0.2, -0.15) is 0 Å². The Hall–Kier alpha value is -1.88. The second-order valence-electron chi connectivity index (χ2n) is 3.94. The van der Waals surface area contributed by atoms with Crippen molar-refractivity contribution in [1.82, 2.24) is 10.1 Å².